The van der Waals surface area contributed by atoms with Crippen molar-refractivity contribution < 1.29 is 28.6 Å². The normalized spacial score (nSPS) is 12.3. The molecule has 6 heteroatoms. The van der Waals surface area contributed by atoms with Crippen molar-refractivity contribution in [3.8, 4) is 0 Å². The standard InChI is InChI=1S/C77H142O6/c1-4-7-10-13-16-19-22-24-26-28-30-32-34-35-36-37-38-39-40-41-43-44-46-48-50-52-55-58-61-64-67-70-76(79)82-73-74(72-81-75(78)69-66-63-60-57-54-21-18-15-12-9-6-3)83-77(80)71-68-65-62-59-56-53-51-49-47-45-42-33-31-29-27-25-23-20-17-14-11-8-5-2/h15,18,22,24,28,30,34-35,74H,4-14,16-17,19-21,23,25-27,29,31-33,36-73H2,1-3H3/b18-15-,24-22-,30-28-,35-34-. The van der Waals surface area contributed by atoms with Crippen LogP contribution in [0.3, 0.4) is 0 Å². The molecule has 0 aliphatic rings. The molecule has 0 saturated carbocycles. The summed E-state index contributed by atoms with van der Waals surface area (Å²) < 4.78 is 17.0. The first-order chi connectivity index (χ1) is 41.0. The van der Waals surface area contributed by atoms with Gasteiger partial charge in [0.2, 0.25) is 0 Å². The van der Waals surface area contributed by atoms with E-state index in [1.165, 1.54) is 289 Å². The molecule has 0 rings (SSSR count). The van der Waals surface area contributed by atoms with Gasteiger partial charge in [0.1, 0.15) is 13.2 Å². The molecule has 1 atom stereocenters. The van der Waals surface area contributed by atoms with E-state index in [-0.39, 0.29) is 31.1 Å². The van der Waals surface area contributed by atoms with Gasteiger partial charge in [-0.15, -0.1) is 0 Å². The Labute approximate surface area is 518 Å². The summed E-state index contributed by atoms with van der Waals surface area (Å²) in [6.45, 7) is 6.66. The number of carbonyl (C=O) groups excluding carboxylic acids is 3. The zero-order chi connectivity index (χ0) is 59.9. The summed E-state index contributed by atoms with van der Waals surface area (Å²) >= 11 is 0. The van der Waals surface area contributed by atoms with Gasteiger partial charge >= 0.3 is 17.9 Å². The van der Waals surface area contributed by atoms with Crippen molar-refractivity contribution in [2.24, 2.45) is 0 Å². The fourth-order valence-electron chi connectivity index (χ4n) is 11.2. The van der Waals surface area contributed by atoms with Gasteiger partial charge in [-0.1, -0.05) is 358 Å². The quantitative estimate of drug-likeness (QED) is 0.0261. The Morgan fingerprint density at radius 1 is 0.241 bits per heavy atom. The molecule has 0 aliphatic heterocycles. The maximum atomic E-state index is 13.0. The Kier molecular flexibility index (Phi) is 69.6. The monoisotopic (exact) mass is 1160 g/mol. The molecular weight excluding hydrogens is 1020 g/mol. The van der Waals surface area contributed by atoms with Crippen LogP contribution in [0.1, 0.15) is 406 Å². The van der Waals surface area contributed by atoms with E-state index in [1.54, 1.807) is 0 Å². The van der Waals surface area contributed by atoms with Crippen LogP contribution < -0.4 is 0 Å². The first kappa shape index (κ1) is 80.4. The number of unbranched alkanes of at least 4 members (excludes halogenated alkanes) is 50. The first-order valence-electron chi connectivity index (χ1n) is 37.1. The van der Waals surface area contributed by atoms with E-state index >= 15 is 0 Å². The molecule has 0 saturated heterocycles. The average molecular weight is 1160 g/mol. The van der Waals surface area contributed by atoms with Crippen LogP contribution in [0.4, 0.5) is 0 Å². The molecule has 0 amide bonds. The second kappa shape index (κ2) is 71.8. The van der Waals surface area contributed by atoms with Crippen molar-refractivity contribution >= 4 is 17.9 Å². The lowest BCUT2D eigenvalue weighted by atomic mass is 10.0. The molecule has 0 radical (unpaired) electrons. The molecule has 0 aromatic rings. The predicted molar refractivity (Wildman–Crippen MR) is 362 cm³/mol. The summed E-state index contributed by atoms with van der Waals surface area (Å²) in [4.78, 5) is 38.4. The van der Waals surface area contributed by atoms with Crippen molar-refractivity contribution in [3.05, 3.63) is 48.6 Å². The summed E-state index contributed by atoms with van der Waals surface area (Å²) in [5, 5.41) is 0. The molecule has 0 fully saturated rings. The van der Waals surface area contributed by atoms with Crippen LogP contribution >= 0.6 is 0 Å². The van der Waals surface area contributed by atoms with Crippen LogP contribution in [0.5, 0.6) is 0 Å². The number of esters is 3. The van der Waals surface area contributed by atoms with Gasteiger partial charge in [-0.05, 0) is 77.0 Å². The molecule has 486 valence electrons. The minimum atomic E-state index is -0.774. The van der Waals surface area contributed by atoms with Gasteiger partial charge in [0.25, 0.3) is 0 Å². The van der Waals surface area contributed by atoms with Crippen molar-refractivity contribution in [2.45, 2.75) is 412 Å². The Hall–Kier alpha value is -2.63. The fourth-order valence-corrected chi connectivity index (χ4v) is 11.2. The molecular formula is C77H142O6. The summed E-state index contributed by atoms with van der Waals surface area (Å²) in [5.74, 6) is -0.852. The second-order valence-corrected chi connectivity index (χ2v) is 25.2. The molecule has 83 heavy (non-hydrogen) atoms. The molecule has 1 unspecified atom stereocenters. The third kappa shape index (κ3) is 70.0. The SMILES string of the molecule is CCCC/C=C\CCCCCCCC(=O)OCC(COC(=O)CCCCCCCCCCCCCCCCCC/C=C\C/C=C\C/C=C\CCCCCCC)OC(=O)CCCCCCCCCCCCCCCCCCCCCCCCC. The van der Waals surface area contributed by atoms with Gasteiger partial charge in [-0.2, -0.15) is 0 Å². The van der Waals surface area contributed by atoms with Crippen LogP contribution in [0.15, 0.2) is 48.6 Å². The number of hydrogen-bond acceptors (Lipinski definition) is 6. The minimum Gasteiger partial charge on any atom is -0.462 e. The lowest BCUT2D eigenvalue weighted by Gasteiger charge is -2.18. The summed E-state index contributed by atoms with van der Waals surface area (Å²) in [7, 11) is 0. The van der Waals surface area contributed by atoms with Gasteiger partial charge < -0.3 is 14.2 Å². The average Bonchev–Trinajstić information content (AvgIpc) is 3.48. The number of carbonyl (C=O) groups is 3. The van der Waals surface area contributed by atoms with Gasteiger partial charge in [-0.3, -0.25) is 14.4 Å². The number of ether oxygens (including phenoxy) is 3. The van der Waals surface area contributed by atoms with E-state index in [4.69, 9.17) is 14.2 Å². The predicted octanol–water partition coefficient (Wildman–Crippen LogP) is 25.7. The number of hydrogen-bond donors (Lipinski definition) is 0. The van der Waals surface area contributed by atoms with Crippen LogP contribution in [-0.4, -0.2) is 37.2 Å². The summed E-state index contributed by atoms with van der Waals surface area (Å²) in [6, 6.07) is 0. The smallest absolute Gasteiger partial charge is 0.306 e. The van der Waals surface area contributed by atoms with Crippen molar-refractivity contribution in [2.75, 3.05) is 13.2 Å². The molecule has 0 heterocycles. The zero-order valence-corrected chi connectivity index (χ0v) is 56.0. The third-order valence-corrected chi connectivity index (χ3v) is 16.8. The van der Waals surface area contributed by atoms with E-state index in [1.807, 2.05) is 0 Å². The molecule has 0 spiro atoms. The van der Waals surface area contributed by atoms with E-state index in [0.717, 1.165) is 77.0 Å². The molecule has 0 N–H and O–H groups in total. The highest BCUT2D eigenvalue weighted by Crippen LogP contribution is 2.19. The lowest BCUT2D eigenvalue weighted by Crippen LogP contribution is -2.30. The van der Waals surface area contributed by atoms with Crippen LogP contribution in [0, 0.1) is 0 Å². The number of allylic oxidation sites excluding steroid dienone is 8. The lowest BCUT2D eigenvalue weighted by molar-refractivity contribution is -0.167. The maximum absolute atomic E-state index is 13.0. The van der Waals surface area contributed by atoms with Crippen LogP contribution in [0.25, 0.3) is 0 Å². The Morgan fingerprint density at radius 2 is 0.446 bits per heavy atom. The van der Waals surface area contributed by atoms with Crippen LogP contribution in [0.2, 0.25) is 0 Å². The molecule has 0 aliphatic carbocycles. The van der Waals surface area contributed by atoms with E-state index in [9.17, 15) is 14.4 Å². The van der Waals surface area contributed by atoms with Gasteiger partial charge in [0.15, 0.2) is 6.10 Å². The highest BCUT2D eigenvalue weighted by molar-refractivity contribution is 5.71. The molecule has 0 bridgehead atoms. The molecule has 6 nitrogen and oxygen atoms in total. The molecule has 0 aromatic carbocycles. The summed E-state index contributed by atoms with van der Waals surface area (Å²) in [6.07, 6.45) is 91.6. The minimum absolute atomic E-state index is 0.0705. The van der Waals surface area contributed by atoms with E-state index < -0.39 is 6.10 Å². The largest absolute Gasteiger partial charge is 0.462 e. The summed E-state index contributed by atoms with van der Waals surface area (Å²) in [5.41, 5.74) is 0. The highest BCUT2D eigenvalue weighted by atomic mass is 16.6. The Bertz CT molecular complexity index is 1430. The Balaban J connectivity index is 4.13. The topological polar surface area (TPSA) is 78.9 Å². The maximum Gasteiger partial charge on any atom is 0.306 e. The molecule has 0 aromatic heterocycles. The van der Waals surface area contributed by atoms with Gasteiger partial charge in [0.05, 0.1) is 0 Å². The Morgan fingerprint density at radius 3 is 0.723 bits per heavy atom. The third-order valence-electron chi connectivity index (χ3n) is 16.8. The van der Waals surface area contributed by atoms with Gasteiger partial charge in [0, 0.05) is 19.3 Å². The van der Waals surface area contributed by atoms with E-state index in [0.29, 0.717) is 19.3 Å². The van der Waals surface area contributed by atoms with Gasteiger partial charge in [-0.25, -0.2) is 0 Å². The van der Waals surface area contributed by atoms with Crippen LogP contribution in [-0.2, 0) is 28.6 Å². The van der Waals surface area contributed by atoms with Crippen molar-refractivity contribution in [1.82, 2.24) is 0 Å². The first-order valence-corrected chi connectivity index (χ1v) is 37.1. The highest BCUT2D eigenvalue weighted by Gasteiger charge is 2.19. The fraction of sp³-hybridized carbons (Fsp3) is 0.857. The number of rotatable bonds is 69. The van der Waals surface area contributed by atoms with E-state index in [2.05, 4.69) is 69.4 Å². The second-order valence-electron chi connectivity index (χ2n) is 25.2. The van der Waals surface area contributed by atoms with Crippen molar-refractivity contribution in [1.29, 1.82) is 0 Å². The zero-order valence-electron chi connectivity index (χ0n) is 56.0. The van der Waals surface area contributed by atoms with Crippen molar-refractivity contribution in [3.63, 3.8) is 0 Å².